The normalized spacial score (nSPS) is 36.4. The standard InChI is InChI=1S/C11H19N/c1-8(2)10-6-4-5-9(3)11(10)7-12/h8-11H,4-6H2,1-3H3. The fourth-order valence-corrected chi connectivity index (χ4v) is 2.43. The van der Waals surface area contributed by atoms with Crippen LogP contribution in [-0.4, -0.2) is 0 Å². The van der Waals surface area contributed by atoms with Crippen molar-refractivity contribution in [2.75, 3.05) is 0 Å². The van der Waals surface area contributed by atoms with E-state index >= 15 is 0 Å². The molecule has 3 unspecified atom stereocenters. The first-order valence-corrected chi connectivity index (χ1v) is 5.06. The van der Waals surface area contributed by atoms with Crippen LogP contribution < -0.4 is 0 Å². The zero-order valence-electron chi connectivity index (χ0n) is 8.38. The Morgan fingerprint density at radius 2 is 2.00 bits per heavy atom. The Kier molecular flexibility index (Phi) is 3.14. The maximum Gasteiger partial charge on any atom is 0.0661 e. The second-order valence-electron chi connectivity index (χ2n) is 4.47. The third kappa shape index (κ3) is 1.80. The topological polar surface area (TPSA) is 23.8 Å². The van der Waals surface area contributed by atoms with Crippen molar-refractivity contribution in [3.63, 3.8) is 0 Å². The zero-order chi connectivity index (χ0) is 9.14. The van der Waals surface area contributed by atoms with Gasteiger partial charge in [0.05, 0.1) is 12.0 Å². The molecule has 0 aromatic heterocycles. The summed E-state index contributed by atoms with van der Waals surface area (Å²) in [5, 5.41) is 9.03. The minimum absolute atomic E-state index is 0.318. The highest BCUT2D eigenvalue weighted by Gasteiger charge is 2.32. The van der Waals surface area contributed by atoms with Gasteiger partial charge in [-0.2, -0.15) is 5.26 Å². The quantitative estimate of drug-likeness (QED) is 0.585. The molecule has 0 N–H and O–H groups in total. The first-order valence-electron chi connectivity index (χ1n) is 5.06. The van der Waals surface area contributed by atoms with E-state index in [2.05, 4.69) is 26.8 Å². The number of hydrogen-bond acceptors (Lipinski definition) is 1. The molecule has 0 radical (unpaired) electrons. The van der Waals surface area contributed by atoms with Crippen LogP contribution in [-0.2, 0) is 0 Å². The molecule has 1 aliphatic rings. The molecule has 1 saturated carbocycles. The monoisotopic (exact) mass is 165 g/mol. The average molecular weight is 165 g/mol. The van der Waals surface area contributed by atoms with Gasteiger partial charge in [-0.15, -0.1) is 0 Å². The van der Waals surface area contributed by atoms with Gasteiger partial charge in [0, 0.05) is 0 Å². The van der Waals surface area contributed by atoms with Gasteiger partial charge in [0.2, 0.25) is 0 Å². The van der Waals surface area contributed by atoms with Gasteiger partial charge in [-0.1, -0.05) is 27.2 Å². The molecule has 0 saturated heterocycles. The Balaban J connectivity index is 2.66. The summed E-state index contributed by atoms with van der Waals surface area (Å²) in [6.45, 7) is 6.71. The van der Waals surface area contributed by atoms with Crippen LogP contribution in [0.5, 0.6) is 0 Å². The molecule has 0 spiro atoms. The number of nitriles is 1. The second kappa shape index (κ2) is 3.94. The molecule has 3 atom stereocenters. The predicted octanol–water partition coefficient (Wildman–Crippen LogP) is 3.22. The van der Waals surface area contributed by atoms with Crippen molar-refractivity contribution in [2.45, 2.75) is 40.0 Å². The van der Waals surface area contributed by atoms with Gasteiger partial charge in [0.1, 0.15) is 0 Å². The summed E-state index contributed by atoms with van der Waals surface area (Å²) in [5.41, 5.74) is 0. The van der Waals surface area contributed by atoms with E-state index < -0.39 is 0 Å². The number of rotatable bonds is 1. The molecule has 0 aromatic rings. The molecule has 0 bridgehead atoms. The maximum atomic E-state index is 9.03. The van der Waals surface area contributed by atoms with Gasteiger partial charge in [0.25, 0.3) is 0 Å². The second-order valence-corrected chi connectivity index (χ2v) is 4.47. The van der Waals surface area contributed by atoms with E-state index in [1.165, 1.54) is 19.3 Å². The number of hydrogen-bond donors (Lipinski definition) is 0. The van der Waals surface area contributed by atoms with Crippen LogP contribution in [0.15, 0.2) is 0 Å². The first-order chi connectivity index (χ1) is 5.66. The predicted molar refractivity (Wildman–Crippen MR) is 50.4 cm³/mol. The summed E-state index contributed by atoms with van der Waals surface area (Å²) in [6.07, 6.45) is 3.84. The van der Waals surface area contributed by atoms with Gasteiger partial charge in [-0.25, -0.2) is 0 Å². The molecule has 0 aliphatic heterocycles. The largest absolute Gasteiger partial charge is 0.198 e. The fourth-order valence-electron chi connectivity index (χ4n) is 2.43. The van der Waals surface area contributed by atoms with Gasteiger partial charge < -0.3 is 0 Å². The molecule has 1 fully saturated rings. The molecule has 0 amide bonds. The molecule has 68 valence electrons. The Labute approximate surface area is 75.8 Å². The molecule has 1 heteroatoms. The van der Waals surface area contributed by atoms with E-state index in [0.29, 0.717) is 23.7 Å². The molecule has 0 heterocycles. The maximum absolute atomic E-state index is 9.03. The summed E-state index contributed by atoms with van der Waals surface area (Å²) >= 11 is 0. The summed E-state index contributed by atoms with van der Waals surface area (Å²) in [6, 6.07) is 2.49. The summed E-state index contributed by atoms with van der Waals surface area (Å²) in [4.78, 5) is 0. The lowest BCUT2D eigenvalue weighted by Gasteiger charge is -2.34. The number of nitrogens with zero attached hydrogens (tertiary/aromatic N) is 1. The molecule has 1 aliphatic carbocycles. The smallest absolute Gasteiger partial charge is 0.0661 e. The molecule has 0 aromatic carbocycles. The fraction of sp³-hybridized carbons (Fsp3) is 0.909. The van der Waals surface area contributed by atoms with Crippen molar-refractivity contribution >= 4 is 0 Å². The molecular formula is C11H19N. The van der Waals surface area contributed by atoms with Crippen LogP contribution in [0.2, 0.25) is 0 Å². The Bertz CT molecular complexity index is 178. The van der Waals surface area contributed by atoms with Crippen LogP contribution in [0.25, 0.3) is 0 Å². The highest BCUT2D eigenvalue weighted by molar-refractivity contribution is 4.94. The van der Waals surface area contributed by atoms with Crippen LogP contribution in [0.3, 0.4) is 0 Å². The molecule has 12 heavy (non-hydrogen) atoms. The average Bonchev–Trinajstić information content (AvgIpc) is 2.03. The van der Waals surface area contributed by atoms with Gasteiger partial charge >= 0.3 is 0 Å². The lowest BCUT2D eigenvalue weighted by atomic mass is 9.69. The molecule has 1 nitrogen and oxygen atoms in total. The summed E-state index contributed by atoms with van der Waals surface area (Å²) < 4.78 is 0. The van der Waals surface area contributed by atoms with Crippen molar-refractivity contribution in [1.82, 2.24) is 0 Å². The summed E-state index contributed by atoms with van der Waals surface area (Å²) in [5.74, 6) is 2.27. The highest BCUT2D eigenvalue weighted by atomic mass is 14.4. The summed E-state index contributed by atoms with van der Waals surface area (Å²) in [7, 11) is 0. The Morgan fingerprint density at radius 3 is 2.42 bits per heavy atom. The van der Waals surface area contributed by atoms with Gasteiger partial charge in [-0.3, -0.25) is 0 Å². The van der Waals surface area contributed by atoms with E-state index in [1.54, 1.807) is 0 Å². The Hall–Kier alpha value is -0.510. The van der Waals surface area contributed by atoms with Crippen molar-refractivity contribution in [1.29, 1.82) is 5.26 Å². The SMILES string of the molecule is CC(C)C1CCCC(C)C1C#N. The molecule has 1 rings (SSSR count). The minimum Gasteiger partial charge on any atom is -0.198 e. The van der Waals surface area contributed by atoms with E-state index in [0.717, 1.165) is 0 Å². The lowest BCUT2D eigenvalue weighted by Crippen LogP contribution is -2.28. The van der Waals surface area contributed by atoms with Gasteiger partial charge in [-0.05, 0) is 30.6 Å². The van der Waals surface area contributed by atoms with E-state index in [-0.39, 0.29) is 0 Å². The van der Waals surface area contributed by atoms with Crippen molar-refractivity contribution in [2.24, 2.45) is 23.7 Å². The van der Waals surface area contributed by atoms with Gasteiger partial charge in [0.15, 0.2) is 0 Å². The van der Waals surface area contributed by atoms with E-state index in [9.17, 15) is 0 Å². The Morgan fingerprint density at radius 1 is 1.33 bits per heavy atom. The third-order valence-electron chi connectivity index (χ3n) is 3.28. The van der Waals surface area contributed by atoms with E-state index in [4.69, 9.17) is 5.26 Å². The van der Waals surface area contributed by atoms with Crippen LogP contribution >= 0.6 is 0 Å². The van der Waals surface area contributed by atoms with Crippen LogP contribution in [0, 0.1) is 35.0 Å². The first kappa shape index (κ1) is 9.58. The lowest BCUT2D eigenvalue weighted by molar-refractivity contribution is 0.167. The van der Waals surface area contributed by atoms with Crippen molar-refractivity contribution in [3.8, 4) is 6.07 Å². The van der Waals surface area contributed by atoms with Crippen molar-refractivity contribution in [3.05, 3.63) is 0 Å². The van der Waals surface area contributed by atoms with Crippen molar-refractivity contribution < 1.29 is 0 Å². The van der Waals surface area contributed by atoms with E-state index in [1.807, 2.05) is 0 Å². The molecular weight excluding hydrogens is 146 g/mol. The highest BCUT2D eigenvalue weighted by Crippen LogP contribution is 2.38. The van der Waals surface area contributed by atoms with Crippen LogP contribution in [0.4, 0.5) is 0 Å². The zero-order valence-corrected chi connectivity index (χ0v) is 8.38. The minimum atomic E-state index is 0.318. The third-order valence-corrected chi connectivity index (χ3v) is 3.28. The van der Waals surface area contributed by atoms with Crippen LogP contribution in [0.1, 0.15) is 40.0 Å².